The number of sulfonamides is 1. The van der Waals surface area contributed by atoms with Crippen molar-refractivity contribution in [2.75, 3.05) is 17.1 Å². The summed E-state index contributed by atoms with van der Waals surface area (Å²) in [6.07, 6.45) is -0.667. The zero-order valence-electron chi connectivity index (χ0n) is 16.0. The molecular weight excluding hydrogens is 396 g/mol. The molecule has 2 aromatic carbocycles. The van der Waals surface area contributed by atoms with Gasteiger partial charge < -0.3 is 4.74 Å². The number of aromatic nitrogens is 2. The Balaban J connectivity index is 1.93. The molecule has 0 radical (unpaired) electrons. The van der Waals surface area contributed by atoms with Gasteiger partial charge in [0.1, 0.15) is 5.69 Å². The zero-order valence-corrected chi connectivity index (χ0v) is 16.9. The van der Waals surface area contributed by atoms with Crippen molar-refractivity contribution < 1.29 is 17.9 Å². The lowest BCUT2D eigenvalue weighted by Gasteiger charge is -2.08. The highest BCUT2D eigenvalue weighted by Gasteiger charge is 2.22. The van der Waals surface area contributed by atoms with Crippen molar-refractivity contribution in [3.05, 3.63) is 70.6 Å². The van der Waals surface area contributed by atoms with E-state index in [-0.39, 0.29) is 10.6 Å². The summed E-state index contributed by atoms with van der Waals surface area (Å²) in [6.45, 7) is 1.65. The second-order valence-corrected chi connectivity index (χ2v) is 7.87. The van der Waals surface area contributed by atoms with Crippen LogP contribution in [-0.4, -0.2) is 31.0 Å². The Morgan fingerprint density at radius 3 is 2.24 bits per heavy atom. The second kappa shape index (κ2) is 7.84. The maximum absolute atomic E-state index is 12.9. The smallest absolute Gasteiger partial charge is 0.411 e. The van der Waals surface area contributed by atoms with Gasteiger partial charge >= 0.3 is 6.09 Å². The van der Waals surface area contributed by atoms with Crippen molar-refractivity contribution in [1.82, 2.24) is 9.36 Å². The molecule has 0 saturated heterocycles. The van der Waals surface area contributed by atoms with E-state index in [4.69, 9.17) is 0 Å². The first kappa shape index (κ1) is 20.2. The van der Waals surface area contributed by atoms with Crippen LogP contribution in [0.25, 0.3) is 5.69 Å². The molecule has 0 aliphatic rings. The third-order valence-corrected chi connectivity index (χ3v) is 5.75. The van der Waals surface area contributed by atoms with E-state index in [0.717, 1.165) is 0 Å². The Morgan fingerprint density at radius 2 is 1.66 bits per heavy atom. The summed E-state index contributed by atoms with van der Waals surface area (Å²) in [5.41, 5.74) is 0.938. The van der Waals surface area contributed by atoms with E-state index in [1.165, 1.54) is 36.1 Å². The number of hydrogen-bond acceptors (Lipinski definition) is 5. The molecule has 152 valence electrons. The van der Waals surface area contributed by atoms with Crippen molar-refractivity contribution in [2.45, 2.75) is 11.8 Å². The quantitative estimate of drug-likeness (QED) is 0.664. The molecule has 0 aliphatic heterocycles. The molecule has 0 fully saturated rings. The molecule has 0 atom stereocenters. The molecule has 3 rings (SSSR count). The largest absolute Gasteiger partial charge is 0.453 e. The van der Waals surface area contributed by atoms with Gasteiger partial charge in [-0.3, -0.25) is 19.5 Å². The number of amides is 1. The fourth-order valence-electron chi connectivity index (χ4n) is 2.77. The standard InChI is InChI=1S/C19H20N4O5S/c1-13-17(18(24)23(22(13)2)15-7-5-4-6-8-15)21-29(26,27)16-11-9-14(10-12-16)20-19(25)28-3/h4-12,21H,1-3H3,(H,20,25). The molecule has 10 heteroatoms. The average Bonchev–Trinajstić information content (AvgIpc) is 2.92. The predicted octanol–water partition coefficient (Wildman–Crippen LogP) is 2.46. The van der Waals surface area contributed by atoms with Crippen molar-refractivity contribution in [1.29, 1.82) is 0 Å². The van der Waals surface area contributed by atoms with Crippen molar-refractivity contribution in [2.24, 2.45) is 7.05 Å². The van der Waals surface area contributed by atoms with Gasteiger partial charge in [0.2, 0.25) is 0 Å². The lowest BCUT2D eigenvalue weighted by Crippen LogP contribution is -2.23. The van der Waals surface area contributed by atoms with Crippen LogP contribution in [0.15, 0.2) is 64.3 Å². The van der Waals surface area contributed by atoms with Gasteiger partial charge in [0.05, 0.1) is 23.4 Å². The third kappa shape index (κ3) is 4.02. The molecule has 29 heavy (non-hydrogen) atoms. The number of hydrogen-bond donors (Lipinski definition) is 2. The van der Waals surface area contributed by atoms with E-state index in [2.05, 4.69) is 14.8 Å². The molecule has 0 spiro atoms. The first-order valence-corrected chi connectivity index (χ1v) is 10.0. The SMILES string of the molecule is COC(=O)Nc1ccc(S(=O)(=O)Nc2c(C)n(C)n(-c3ccccc3)c2=O)cc1. The Bertz CT molecular complexity index is 1200. The number of nitrogens with zero attached hydrogens (tertiary/aromatic N) is 2. The van der Waals surface area contributed by atoms with Crippen molar-refractivity contribution in [3.63, 3.8) is 0 Å². The molecule has 1 heterocycles. The number of anilines is 2. The van der Waals surface area contributed by atoms with Crippen LogP contribution in [0, 0.1) is 6.92 Å². The monoisotopic (exact) mass is 416 g/mol. The summed E-state index contributed by atoms with van der Waals surface area (Å²) in [4.78, 5) is 24.1. The summed E-state index contributed by atoms with van der Waals surface area (Å²) in [5.74, 6) is 0. The second-order valence-electron chi connectivity index (χ2n) is 6.18. The van der Waals surface area contributed by atoms with E-state index >= 15 is 0 Å². The van der Waals surface area contributed by atoms with Crippen LogP contribution < -0.4 is 15.6 Å². The summed E-state index contributed by atoms with van der Waals surface area (Å²) in [6, 6.07) is 14.4. The fraction of sp³-hybridized carbons (Fsp3) is 0.158. The van der Waals surface area contributed by atoms with Crippen molar-refractivity contribution in [3.8, 4) is 5.69 Å². The lowest BCUT2D eigenvalue weighted by atomic mass is 10.3. The van der Waals surface area contributed by atoms with Gasteiger partial charge in [0.15, 0.2) is 0 Å². The average molecular weight is 416 g/mol. The van der Waals surface area contributed by atoms with E-state index in [9.17, 15) is 18.0 Å². The van der Waals surface area contributed by atoms with Gasteiger partial charge in [-0.15, -0.1) is 0 Å². The Labute approximate surface area is 167 Å². The number of para-hydroxylation sites is 1. The molecule has 0 saturated carbocycles. The van der Waals surface area contributed by atoms with Gasteiger partial charge in [-0.25, -0.2) is 17.9 Å². The maximum atomic E-state index is 12.9. The summed E-state index contributed by atoms with van der Waals surface area (Å²) >= 11 is 0. The third-order valence-electron chi connectivity index (χ3n) is 4.39. The summed E-state index contributed by atoms with van der Waals surface area (Å²) in [5, 5.41) is 2.43. The molecule has 3 aromatic rings. The minimum Gasteiger partial charge on any atom is -0.453 e. The summed E-state index contributed by atoms with van der Waals surface area (Å²) in [7, 11) is -1.12. The molecule has 0 unspecified atom stereocenters. The first-order valence-electron chi connectivity index (χ1n) is 8.56. The maximum Gasteiger partial charge on any atom is 0.411 e. The van der Waals surface area contributed by atoms with Crippen LogP contribution in [-0.2, 0) is 21.8 Å². The molecule has 0 aliphatic carbocycles. The summed E-state index contributed by atoms with van der Waals surface area (Å²) < 4.78 is 35.4. The first-order chi connectivity index (χ1) is 13.7. The van der Waals surface area contributed by atoms with Crippen LogP contribution in [0.4, 0.5) is 16.2 Å². The Kier molecular flexibility index (Phi) is 5.46. The van der Waals surface area contributed by atoms with Gasteiger partial charge in [-0.05, 0) is 43.3 Å². The van der Waals surface area contributed by atoms with Gasteiger partial charge in [0, 0.05) is 12.7 Å². The number of nitrogens with one attached hydrogen (secondary N) is 2. The van der Waals surface area contributed by atoms with Crippen molar-refractivity contribution >= 4 is 27.5 Å². The van der Waals surface area contributed by atoms with Gasteiger partial charge in [0.25, 0.3) is 15.6 Å². The van der Waals surface area contributed by atoms with E-state index in [1.54, 1.807) is 42.9 Å². The van der Waals surface area contributed by atoms with Crippen LogP contribution in [0.5, 0.6) is 0 Å². The minimum atomic E-state index is -4.02. The van der Waals surface area contributed by atoms with Crippen LogP contribution in [0.1, 0.15) is 5.69 Å². The number of ether oxygens (including phenoxy) is 1. The minimum absolute atomic E-state index is 0.0342. The molecule has 9 nitrogen and oxygen atoms in total. The molecule has 1 amide bonds. The van der Waals surface area contributed by atoms with Gasteiger partial charge in [-0.1, -0.05) is 18.2 Å². The van der Waals surface area contributed by atoms with Crippen LogP contribution >= 0.6 is 0 Å². The van der Waals surface area contributed by atoms with Crippen LogP contribution in [0.3, 0.4) is 0 Å². The Morgan fingerprint density at radius 1 is 1.03 bits per heavy atom. The van der Waals surface area contributed by atoms with Crippen LogP contribution in [0.2, 0.25) is 0 Å². The van der Waals surface area contributed by atoms with E-state index in [0.29, 0.717) is 17.1 Å². The number of carbonyl (C=O) groups excluding carboxylic acids is 1. The molecule has 0 bridgehead atoms. The van der Waals surface area contributed by atoms with E-state index < -0.39 is 21.7 Å². The number of rotatable bonds is 5. The molecule has 2 N–H and O–H groups in total. The topological polar surface area (TPSA) is 111 Å². The number of methoxy groups -OCH3 is 1. The molecular formula is C19H20N4O5S. The highest BCUT2D eigenvalue weighted by Crippen LogP contribution is 2.20. The fourth-order valence-corrected chi connectivity index (χ4v) is 3.88. The highest BCUT2D eigenvalue weighted by atomic mass is 32.2. The zero-order chi connectivity index (χ0) is 21.2. The highest BCUT2D eigenvalue weighted by molar-refractivity contribution is 7.92. The lowest BCUT2D eigenvalue weighted by molar-refractivity contribution is 0.187. The Hall–Kier alpha value is -3.53. The van der Waals surface area contributed by atoms with E-state index in [1.807, 2.05) is 6.07 Å². The molecule has 1 aromatic heterocycles. The number of benzene rings is 2. The number of carbonyl (C=O) groups is 1. The van der Waals surface area contributed by atoms with Gasteiger partial charge in [-0.2, -0.15) is 0 Å². The normalized spacial score (nSPS) is 11.1. The predicted molar refractivity (Wildman–Crippen MR) is 109 cm³/mol.